The van der Waals surface area contributed by atoms with E-state index in [9.17, 15) is 19.2 Å². The molecule has 5 heterocycles. The van der Waals surface area contributed by atoms with Crippen LogP contribution in [0.1, 0.15) is 63.9 Å². The summed E-state index contributed by atoms with van der Waals surface area (Å²) in [5.41, 5.74) is -0.877. The van der Waals surface area contributed by atoms with E-state index in [1.54, 1.807) is 18.3 Å². The molecule has 5 rings (SSSR count). The maximum atomic E-state index is 14.0. The van der Waals surface area contributed by atoms with Gasteiger partial charge >= 0.3 is 6.03 Å². The molecule has 2 fully saturated rings. The van der Waals surface area contributed by atoms with Gasteiger partial charge in [-0.15, -0.1) is 0 Å². The molecule has 2 aromatic heterocycles. The minimum Gasteiger partial charge on any atom is -0.352 e. The van der Waals surface area contributed by atoms with Gasteiger partial charge in [0.05, 0.1) is 11.6 Å². The first-order chi connectivity index (χ1) is 16.5. The Morgan fingerprint density at radius 1 is 1.09 bits per heavy atom. The van der Waals surface area contributed by atoms with Crippen LogP contribution in [-0.4, -0.2) is 51.3 Å². The van der Waals surface area contributed by atoms with Crippen LogP contribution in [0.5, 0.6) is 0 Å². The molecule has 0 unspecified atom stereocenters. The number of nitrogens with zero attached hydrogens (tertiary/aromatic N) is 4. The molecule has 1 spiro atoms. The topological polar surface area (TPSA) is 104 Å². The van der Waals surface area contributed by atoms with Crippen LogP contribution in [0.3, 0.4) is 0 Å². The summed E-state index contributed by atoms with van der Waals surface area (Å²) in [5, 5.41) is 2.47. The van der Waals surface area contributed by atoms with E-state index in [1.165, 1.54) is 9.30 Å². The highest BCUT2D eigenvalue weighted by atomic mass is 16.2. The highest BCUT2D eigenvalue weighted by Gasteiger charge is 2.62. The fraction of sp³-hybridized carbons (Fsp3) is 0.560. The van der Waals surface area contributed by atoms with Crippen molar-refractivity contribution < 1.29 is 14.4 Å². The molecule has 2 saturated heterocycles. The largest absolute Gasteiger partial charge is 0.352 e. The van der Waals surface area contributed by atoms with Crippen LogP contribution >= 0.6 is 0 Å². The number of pyridine rings is 1. The molecule has 1 N–H and O–H groups in total. The molecule has 0 aliphatic carbocycles. The standard InChI is InChI=1S/C25H31N5O4/c1-2-3-4-8-15-30-23(33)25(22(32)27-24(30)34)16-17-20(28-13-9-5-6-11-18(25)28)26-19-12-7-10-14-29(19)21(17)31/h7,10,12,14,18H,2-6,8-9,11,13,15-16H2,1H3,(H,27,32,34)/t18-,25-/m0/s1. The third-order valence-corrected chi connectivity index (χ3v) is 7.59. The van der Waals surface area contributed by atoms with E-state index in [-0.39, 0.29) is 18.5 Å². The molecular formula is C25H31N5O4. The second kappa shape index (κ2) is 8.85. The average Bonchev–Trinajstić information content (AvgIpc) is 3.10. The lowest BCUT2D eigenvalue weighted by Crippen LogP contribution is -2.72. The fourth-order valence-electron chi connectivity index (χ4n) is 5.83. The number of hydrogen-bond acceptors (Lipinski definition) is 6. The number of hydrogen-bond donors (Lipinski definition) is 1. The summed E-state index contributed by atoms with van der Waals surface area (Å²) in [7, 11) is 0. The van der Waals surface area contributed by atoms with E-state index in [2.05, 4.69) is 12.2 Å². The zero-order chi connectivity index (χ0) is 23.9. The third-order valence-electron chi connectivity index (χ3n) is 7.59. The third kappa shape index (κ3) is 3.40. The number of unbranched alkanes of at least 4 members (excludes halogenated alkanes) is 3. The monoisotopic (exact) mass is 465 g/mol. The SMILES string of the molecule is CCCCCCN1C(=O)NC(=O)[C@@]2(Cc3c(nc4ccccn4c3=O)N3CCCCC[C@H]32)C1=O. The van der Waals surface area contributed by atoms with Gasteiger partial charge in [0.2, 0.25) is 11.8 Å². The second-order valence-electron chi connectivity index (χ2n) is 9.63. The number of aromatic nitrogens is 2. The predicted molar refractivity (Wildman–Crippen MR) is 127 cm³/mol. The molecule has 3 aliphatic rings. The van der Waals surface area contributed by atoms with Gasteiger partial charge in [0, 0.05) is 25.7 Å². The first kappa shape index (κ1) is 22.6. The first-order valence-corrected chi connectivity index (χ1v) is 12.4. The Morgan fingerprint density at radius 2 is 1.94 bits per heavy atom. The van der Waals surface area contributed by atoms with Gasteiger partial charge < -0.3 is 4.90 Å². The van der Waals surface area contributed by atoms with Gasteiger partial charge in [-0.25, -0.2) is 9.78 Å². The maximum absolute atomic E-state index is 14.0. The van der Waals surface area contributed by atoms with Gasteiger partial charge in [0.1, 0.15) is 11.5 Å². The molecule has 2 aromatic rings. The van der Waals surface area contributed by atoms with Crippen LogP contribution in [0.25, 0.3) is 5.65 Å². The number of barbiturate groups is 1. The molecule has 9 heteroatoms. The number of rotatable bonds is 5. The molecule has 4 amide bonds. The maximum Gasteiger partial charge on any atom is 0.330 e. The Labute approximate surface area is 198 Å². The summed E-state index contributed by atoms with van der Waals surface area (Å²) in [5.74, 6) is -0.494. The van der Waals surface area contributed by atoms with Crippen molar-refractivity contribution in [2.45, 2.75) is 70.8 Å². The Morgan fingerprint density at radius 3 is 2.76 bits per heavy atom. The van der Waals surface area contributed by atoms with Crippen LogP contribution in [-0.2, 0) is 16.0 Å². The van der Waals surface area contributed by atoms with Crippen LogP contribution in [0, 0.1) is 5.41 Å². The van der Waals surface area contributed by atoms with Gasteiger partial charge in [-0.1, -0.05) is 45.1 Å². The normalized spacial score (nSPS) is 24.7. The molecule has 34 heavy (non-hydrogen) atoms. The van der Waals surface area contributed by atoms with Crippen LogP contribution in [0.15, 0.2) is 29.2 Å². The van der Waals surface area contributed by atoms with E-state index in [0.717, 1.165) is 38.5 Å². The molecule has 0 radical (unpaired) electrons. The lowest BCUT2D eigenvalue weighted by Gasteiger charge is -2.50. The van der Waals surface area contributed by atoms with Gasteiger partial charge in [0.15, 0.2) is 5.41 Å². The number of amides is 4. The Kier molecular flexibility index (Phi) is 5.87. The molecule has 9 nitrogen and oxygen atoms in total. The average molecular weight is 466 g/mol. The number of imide groups is 2. The molecule has 2 atom stereocenters. The van der Waals surface area contributed by atoms with Crippen molar-refractivity contribution in [2.24, 2.45) is 5.41 Å². The molecule has 0 bridgehead atoms. The summed E-state index contributed by atoms with van der Waals surface area (Å²) in [6.45, 7) is 2.98. The van der Waals surface area contributed by atoms with Crippen molar-refractivity contribution in [1.29, 1.82) is 0 Å². The predicted octanol–water partition coefficient (Wildman–Crippen LogP) is 2.64. The van der Waals surface area contributed by atoms with Gasteiger partial charge in [-0.2, -0.15) is 0 Å². The first-order valence-electron chi connectivity index (χ1n) is 12.4. The van der Waals surface area contributed by atoms with Crippen LogP contribution in [0.2, 0.25) is 0 Å². The summed E-state index contributed by atoms with van der Waals surface area (Å²) in [6.07, 6.45) is 8.63. The van der Waals surface area contributed by atoms with Gasteiger partial charge in [0.25, 0.3) is 5.56 Å². The van der Waals surface area contributed by atoms with Crippen molar-refractivity contribution in [2.75, 3.05) is 18.0 Å². The lowest BCUT2D eigenvalue weighted by molar-refractivity contribution is -0.153. The molecular weight excluding hydrogens is 434 g/mol. The van der Waals surface area contributed by atoms with Crippen molar-refractivity contribution in [3.63, 3.8) is 0 Å². The minimum absolute atomic E-state index is 0.0451. The molecule has 3 aliphatic heterocycles. The van der Waals surface area contributed by atoms with Crippen LogP contribution in [0.4, 0.5) is 10.6 Å². The van der Waals surface area contributed by atoms with E-state index < -0.39 is 29.3 Å². The molecule has 0 aromatic carbocycles. The summed E-state index contributed by atoms with van der Waals surface area (Å²) < 4.78 is 1.46. The van der Waals surface area contributed by atoms with E-state index >= 15 is 0 Å². The number of carbonyl (C=O) groups excluding carboxylic acids is 3. The Hall–Kier alpha value is -3.23. The zero-order valence-corrected chi connectivity index (χ0v) is 19.6. The molecule has 0 saturated carbocycles. The highest BCUT2D eigenvalue weighted by molar-refractivity contribution is 6.20. The van der Waals surface area contributed by atoms with E-state index in [4.69, 9.17) is 4.98 Å². The number of anilines is 1. The second-order valence-corrected chi connectivity index (χ2v) is 9.63. The van der Waals surface area contributed by atoms with E-state index in [1.807, 2.05) is 11.0 Å². The lowest BCUT2D eigenvalue weighted by atomic mass is 9.68. The molecule has 180 valence electrons. The quantitative estimate of drug-likeness (QED) is 0.538. The summed E-state index contributed by atoms with van der Waals surface area (Å²) >= 11 is 0. The van der Waals surface area contributed by atoms with Crippen molar-refractivity contribution in [3.05, 3.63) is 40.3 Å². The Balaban J connectivity index is 1.63. The fourth-order valence-corrected chi connectivity index (χ4v) is 5.83. The Bertz CT molecular complexity index is 1210. The van der Waals surface area contributed by atoms with Crippen molar-refractivity contribution in [3.8, 4) is 0 Å². The van der Waals surface area contributed by atoms with Crippen molar-refractivity contribution in [1.82, 2.24) is 19.6 Å². The highest BCUT2D eigenvalue weighted by Crippen LogP contribution is 2.45. The number of carbonyl (C=O) groups is 3. The minimum atomic E-state index is -1.51. The van der Waals surface area contributed by atoms with Crippen LogP contribution < -0.4 is 15.8 Å². The van der Waals surface area contributed by atoms with Gasteiger partial charge in [-0.05, 0) is 31.4 Å². The number of fused-ring (bicyclic) bond motifs is 5. The summed E-state index contributed by atoms with van der Waals surface area (Å²) in [6, 6.07) is 4.27. The zero-order valence-electron chi connectivity index (χ0n) is 19.6. The van der Waals surface area contributed by atoms with Crippen molar-refractivity contribution >= 4 is 29.3 Å². The number of urea groups is 1. The number of nitrogens with one attached hydrogen (secondary N) is 1. The summed E-state index contributed by atoms with van der Waals surface area (Å²) in [4.78, 5) is 61.8. The van der Waals surface area contributed by atoms with Gasteiger partial charge in [-0.3, -0.25) is 29.0 Å². The van der Waals surface area contributed by atoms with E-state index in [0.29, 0.717) is 36.4 Å². The smallest absolute Gasteiger partial charge is 0.330 e.